The molecular weight excluding hydrogens is 494 g/mol. The molecule has 0 saturated carbocycles. The average molecular weight is 514 g/mol. The molecule has 7 nitrogen and oxygen atoms in total. The van der Waals surface area contributed by atoms with Crippen LogP contribution in [0, 0.1) is 10.1 Å². The molecule has 0 atom stereocenters. The van der Waals surface area contributed by atoms with E-state index in [2.05, 4.69) is 5.32 Å². The Bertz CT molecular complexity index is 1450. The monoisotopic (exact) mass is 513 g/mol. The third-order valence-electron chi connectivity index (χ3n) is 5.46. The van der Waals surface area contributed by atoms with Gasteiger partial charge in [0.25, 0.3) is 11.6 Å². The van der Waals surface area contributed by atoms with E-state index < -0.39 is 10.8 Å². The summed E-state index contributed by atoms with van der Waals surface area (Å²) < 4.78 is 0. The smallest absolute Gasteiger partial charge is 0.270 e. The van der Waals surface area contributed by atoms with E-state index in [4.69, 9.17) is 0 Å². The lowest BCUT2D eigenvalue weighted by atomic mass is 10.2. The predicted molar refractivity (Wildman–Crippen MR) is 142 cm³/mol. The number of nitro groups is 1. The fraction of sp³-hybridized carbons (Fsp3) is 0.0370. The number of thioether (sulfide) groups is 1. The minimum Gasteiger partial charge on any atom is -0.322 e. The van der Waals surface area contributed by atoms with Gasteiger partial charge in [0.05, 0.1) is 22.1 Å². The van der Waals surface area contributed by atoms with Gasteiger partial charge in [-0.1, -0.05) is 48.2 Å². The van der Waals surface area contributed by atoms with Crippen molar-refractivity contribution in [3.63, 3.8) is 0 Å². The van der Waals surface area contributed by atoms with Gasteiger partial charge in [-0.2, -0.15) is 0 Å². The van der Waals surface area contributed by atoms with E-state index in [0.717, 1.165) is 26.1 Å². The van der Waals surface area contributed by atoms with Gasteiger partial charge >= 0.3 is 0 Å². The summed E-state index contributed by atoms with van der Waals surface area (Å²) >= 11 is 3.02. The van der Waals surface area contributed by atoms with Crippen LogP contribution in [0.15, 0.2) is 112 Å². The number of nitrogens with zero attached hydrogens (tertiary/aromatic N) is 2. The van der Waals surface area contributed by atoms with Crippen molar-refractivity contribution in [2.45, 2.75) is 14.7 Å². The van der Waals surface area contributed by atoms with Gasteiger partial charge in [-0.25, -0.2) is 0 Å². The first kappa shape index (κ1) is 23.7. The maximum atomic E-state index is 13.4. The summed E-state index contributed by atoms with van der Waals surface area (Å²) in [6.45, 7) is 0. The summed E-state index contributed by atoms with van der Waals surface area (Å²) in [4.78, 5) is 41.1. The Morgan fingerprint density at radius 1 is 0.861 bits per heavy atom. The van der Waals surface area contributed by atoms with Crippen LogP contribution < -0.4 is 10.2 Å². The van der Waals surface area contributed by atoms with Gasteiger partial charge in [-0.05, 0) is 48.5 Å². The second-order valence-electron chi connectivity index (χ2n) is 7.84. The number of benzene rings is 4. The molecule has 0 saturated heterocycles. The van der Waals surface area contributed by atoms with Crippen LogP contribution in [0.3, 0.4) is 0 Å². The largest absolute Gasteiger partial charge is 0.322 e. The molecule has 0 spiro atoms. The van der Waals surface area contributed by atoms with Crippen LogP contribution in [0.4, 0.5) is 22.7 Å². The summed E-state index contributed by atoms with van der Waals surface area (Å²) in [5, 5.41) is 13.8. The number of hydrogen-bond donors (Lipinski definition) is 1. The van der Waals surface area contributed by atoms with E-state index in [9.17, 15) is 19.7 Å². The van der Waals surface area contributed by atoms with Crippen LogP contribution in [0.25, 0.3) is 0 Å². The molecule has 9 heteroatoms. The molecule has 0 fully saturated rings. The third-order valence-corrected chi connectivity index (χ3v) is 7.56. The molecule has 4 aromatic carbocycles. The highest BCUT2D eigenvalue weighted by molar-refractivity contribution is 8.00. The highest BCUT2D eigenvalue weighted by Gasteiger charge is 2.27. The molecule has 2 amide bonds. The molecule has 1 N–H and O–H groups in total. The lowest BCUT2D eigenvalue weighted by Crippen LogP contribution is -2.29. The van der Waals surface area contributed by atoms with Crippen LogP contribution >= 0.6 is 23.5 Å². The standard InChI is InChI=1S/C27H19N3O4S2/c31-26(29-22-11-1-3-13-24(22)36-25-14-4-2-12-23(25)29)17-35-21-10-6-8-19(16-21)28-27(32)18-7-5-9-20(15-18)30(33)34/h1-16H,17H2,(H,28,32). The van der Waals surface area contributed by atoms with Crippen molar-refractivity contribution in [1.82, 2.24) is 0 Å². The number of rotatable bonds is 6. The summed E-state index contributed by atoms with van der Waals surface area (Å²) in [6.07, 6.45) is 0. The van der Waals surface area contributed by atoms with E-state index >= 15 is 0 Å². The lowest BCUT2D eigenvalue weighted by molar-refractivity contribution is -0.384. The van der Waals surface area contributed by atoms with Gasteiger partial charge in [0.2, 0.25) is 5.91 Å². The predicted octanol–water partition coefficient (Wildman–Crippen LogP) is 6.77. The van der Waals surface area contributed by atoms with E-state index in [1.165, 1.54) is 36.0 Å². The molecule has 0 unspecified atom stereocenters. The number of anilines is 3. The van der Waals surface area contributed by atoms with Crippen molar-refractivity contribution in [1.29, 1.82) is 0 Å². The Morgan fingerprint density at radius 3 is 2.22 bits per heavy atom. The van der Waals surface area contributed by atoms with Crippen molar-refractivity contribution >= 4 is 58.1 Å². The first-order valence-corrected chi connectivity index (χ1v) is 12.8. The number of amides is 2. The molecule has 0 bridgehead atoms. The Kier molecular flexibility index (Phi) is 6.75. The second-order valence-corrected chi connectivity index (χ2v) is 9.98. The SMILES string of the molecule is O=C(Nc1cccc(SCC(=O)N2c3ccccc3Sc3ccccc32)c1)c1cccc([N+](=O)[O-])c1. The minimum atomic E-state index is -0.539. The summed E-state index contributed by atoms with van der Waals surface area (Å²) in [5.41, 5.74) is 2.31. The fourth-order valence-corrected chi connectivity index (χ4v) is 5.67. The number of nitrogens with one attached hydrogen (secondary N) is 1. The molecule has 0 radical (unpaired) electrons. The Balaban J connectivity index is 1.30. The highest BCUT2D eigenvalue weighted by Crippen LogP contribution is 2.48. The van der Waals surface area contributed by atoms with E-state index in [-0.39, 0.29) is 22.9 Å². The van der Waals surface area contributed by atoms with Crippen molar-refractivity contribution in [3.05, 3.63) is 113 Å². The normalized spacial score (nSPS) is 11.8. The van der Waals surface area contributed by atoms with Gasteiger partial charge < -0.3 is 5.32 Å². The summed E-state index contributed by atoms with van der Waals surface area (Å²) in [5.74, 6) is -0.294. The summed E-state index contributed by atoms with van der Waals surface area (Å²) in [6, 6.07) is 28.4. The number of carbonyl (C=O) groups is 2. The van der Waals surface area contributed by atoms with Crippen molar-refractivity contribution < 1.29 is 14.5 Å². The van der Waals surface area contributed by atoms with Crippen molar-refractivity contribution in [3.8, 4) is 0 Å². The molecule has 36 heavy (non-hydrogen) atoms. The van der Waals surface area contributed by atoms with Gasteiger partial charge in [0.15, 0.2) is 0 Å². The topological polar surface area (TPSA) is 92.6 Å². The summed E-state index contributed by atoms with van der Waals surface area (Å²) in [7, 11) is 0. The van der Waals surface area contributed by atoms with E-state index in [1.54, 1.807) is 34.9 Å². The van der Waals surface area contributed by atoms with Gasteiger partial charge in [0.1, 0.15) is 0 Å². The van der Waals surface area contributed by atoms with Crippen LogP contribution in [0.2, 0.25) is 0 Å². The maximum absolute atomic E-state index is 13.4. The van der Waals surface area contributed by atoms with Crippen molar-refractivity contribution in [2.75, 3.05) is 16.0 Å². The fourth-order valence-electron chi connectivity index (χ4n) is 3.81. The van der Waals surface area contributed by atoms with Gasteiger partial charge in [0, 0.05) is 38.1 Å². The molecule has 1 heterocycles. The Labute approximate surface area is 215 Å². The molecule has 1 aliphatic rings. The molecule has 4 aromatic rings. The molecular formula is C27H19N3O4S2. The molecule has 1 aliphatic heterocycles. The second kappa shape index (κ2) is 10.3. The van der Waals surface area contributed by atoms with E-state index in [0.29, 0.717) is 5.69 Å². The Hall–Kier alpha value is -4.08. The minimum absolute atomic E-state index is 0.0498. The first-order valence-electron chi connectivity index (χ1n) is 11.0. The highest BCUT2D eigenvalue weighted by atomic mass is 32.2. The lowest BCUT2D eigenvalue weighted by Gasteiger charge is -2.31. The number of non-ortho nitro benzene ring substituents is 1. The van der Waals surface area contributed by atoms with Gasteiger partial charge in [-0.15, -0.1) is 11.8 Å². The zero-order valence-corrected chi connectivity index (χ0v) is 20.4. The number of nitro benzene ring substituents is 1. The molecule has 0 aromatic heterocycles. The molecule has 0 aliphatic carbocycles. The first-order chi connectivity index (χ1) is 17.5. The zero-order valence-electron chi connectivity index (χ0n) is 18.8. The number of carbonyl (C=O) groups excluding carboxylic acids is 2. The average Bonchev–Trinajstić information content (AvgIpc) is 2.90. The molecule has 5 rings (SSSR count). The Morgan fingerprint density at radius 2 is 1.53 bits per heavy atom. The number of hydrogen-bond acceptors (Lipinski definition) is 6. The van der Waals surface area contributed by atoms with Crippen LogP contribution in [-0.4, -0.2) is 22.5 Å². The van der Waals surface area contributed by atoms with E-state index in [1.807, 2.05) is 54.6 Å². The van der Waals surface area contributed by atoms with Crippen LogP contribution in [-0.2, 0) is 4.79 Å². The van der Waals surface area contributed by atoms with Gasteiger partial charge in [-0.3, -0.25) is 24.6 Å². The zero-order chi connectivity index (χ0) is 25.1. The quantitative estimate of drug-likeness (QED) is 0.174. The van der Waals surface area contributed by atoms with Crippen LogP contribution in [0.5, 0.6) is 0 Å². The third kappa shape index (κ3) is 4.98. The molecule has 178 valence electrons. The van der Waals surface area contributed by atoms with Crippen molar-refractivity contribution in [2.24, 2.45) is 0 Å². The number of fused-ring (bicyclic) bond motifs is 2. The number of para-hydroxylation sites is 2. The van der Waals surface area contributed by atoms with Crippen LogP contribution in [0.1, 0.15) is 10.4 Å². The maximum Gasteiger partial charge on any atom is 0.270 e.